The van der Waals surface area contributed by atoms with Crippen molar-refractivity contribution in [1.82, 2.24) is 4.90 Å². The first-order valence-corrected chi connectivity index (χ1v) is 5.94. The van der Waals surface area contributed by atoms with E-state index in [9.17, 15) is 0 Å². The van der Waals surface area contributed by atoms with Crippen molar-refractivity contribution < 1.29 is 19.4 Å². The first-order chi connectivity index (χ1) is 6.24. The zero-order valence-corrected chi connectivity index (χ0v) is 10.9. The first-order valence-electron chi connectivity index (χ1n) is 4.47. The van der Waals surface area contributed by atoms with Gasteiger partial charge in [-0.25, -0.2) is 0 Å². The third kappa shape index (κ3) is 3.54. The predicted octanol–water partition coefficient (Wildman–Crippen LogP) is 2.06. The summed E-state index contributed by atoms with van der Waals surface area (Å²) >= 11 is 1.53. The summed E-state index contributed by atoms with van der Waals surface area (Å²) in [5.74, 6) is 0. The zero-order valence-electron chi connectivity index (χ0n) is 7.99. The molecule has 0 atom stereocenters. The van der Waals surface area contributed by atoms with Gasteiger partial charge in [0.1, 0.15) is 0 Å². The van der Waals surface area contributed by atoms with Crippen LogP contribution in [0.5, 0.6) is 0 Å². The van der Waals surface area contributed by atoms with Gasteiger partial charge >= 0.3 is 91.2 Å². The van der Waals surface area contributed by atoms with Crippen molar-refractivity contribution in [2.45, 2.75) is 13.3 Å². The summed E-state index contributed by atoms with van der Waals surface area (Å²) in [7, 11) is 0. The molecular formula is C11H15NW. The fourth-order valence-electron chi connectivity index (χ4n) is 1.23. The summed E-state index contributed by atoms with van der Waals surface area (Å²) in [5, 5.41) is 0. The predicted molar refractivity (Wildman–Crippen MR) is 54.3 cm³/mol. The van der Waals surface area contributed by atoms with Crippen LogP contribution in [0.15, 0.2) is 36.5 Å². The van der Waals surface area contributed by atoms with E-state index in [1.807, 2.05) is 12.2 Å². The van der Waals surface area contributed by atoms with Crippen LogP contribution < -0.4 is 0 Å². The first kappa shape index (κ1) is 10.8. The molecule has 0 fully saturated rings. The average molecular weight is 345 g/mol. The quantitative estimate of drug-likeness (QED) is 0.559. The molecule has 0 aromatic carbocycles. The maximum absolute atomic E-state index is 3.67. The van der Waals surface area contributed by atoms with E-state index in [4.69, 9.17) is 0 Å². The summed E-state index contributed by atoms with van der Waals surface area (Å²) in [5.41, 5.74) is 1.52. The number of hydrogen-bond donors (Lipinski definition) is 0. The van der Waals surface area contributed by atoms with Gasteiger partial charge in [-0.2, -0.15) is 0 Å². The Hall–Kier alpha value is -0.262. The molecule has 0 N–H and O–H groups in total. The second-order valence-electron chi connectivity index (χ2n) is 3.18. The Morgan fingerprint density at radius 2 is 2.46 bits per heavy atom. The van der Waals surface area contributed by atoms with Gasteiger partial charge in [0.15, 0.2) is 0 Å². The number of hydrogen-bond acceptors (Lipinski definition) is 1. The van der Waals surface area contributed by atoms with Gasteiger partial charge in [0.05, 0.1) is 0 Å². The zero-order chi connectivity index (χ0) is 9.68. The van der Waals surface area contributed by atoms with Gasteiger partial charge in [-0.15, -0.1) is 0 Å². The molecule has 2 heteroatoms. The third-order valence-corrected chi connectivity index (χ3v) is 3.54. The molecule has 0 saturated carbocycles. The number of nitrogens with zero attached hydrogens (tertiary/aromatic N) is 1. The van der Waals surface area contributed by atoms with Crippen LogP contribution in [-0.2, 0) is 19.4 Å². The Labute approximate surface area is 91.2 Å². The number of rotatable bonds is 3. The second kappa shape index (κ2) is 5.46. The monoisotopic (exact) mass is 345 g/mol. The molecule has 70 valence electrons. The molecule has 0 amide bonds. The molecular weight excluding hydrogens is 330 g/mol. The molecule has 1 aliphatic heterocycles. The summed E-state index contributed by atoms with van der Waals surface area (Å²) < 4.78 is 1.41. The van der Waals surface area contributed by atoms with E-state index in [1.54, 1.807) is 0 Å². The fourth-order valence-corrected chi connectivity index (χ4v) is 2.10. The van der Waals surface area contributed by atoms with Gasteiger partial charge < -0.3 is 0 Å². The summed E-state index contributed by atoms with van der Waals surface area (Å²) in [6, 6.07) is 0. The molecule has 0 radical (unpaired) electrons. The van der Waals surface area contributed by atoms with Crippen LogP contribution in [0, 0.1) is 0 Å². The molecule has 0 bridgehead atoms. The Morgan fingerprint density at radius 1 is 1.69 bits per heavy atom. The fraction of sp³-hybridized carbons (Fsp3) is 0.364. The van der Waals surface area contributed by atoms with Crippen LogP contribution in [0.2, 0.25) is 0 Å². The maximum atomic E-state index is 3.67. The molecule has 0 unspecified atom stereocenters. The topological polar surface area (TPSA) is 3.24 Å². The van der Waals surface area contributed by atoms with Crippen molar-refractivity contribution in [3.05, 3.63) is 36.5 Å². The summed E-state index contributed by atoms with van der Waals surface area (Å²) in [6.45, 7) is 8.12. The molecule has 1 heterocycles. The normalized spacial score (nSPS) is 18.7. The minimum absolute atomic E-state index is 1.08. The van der Waals surface area contributed by atoms with Gasteiger partial charge in [0.25, 0.3) is 0 Å². The summed E-state index contributed by atoms with van der Waals surface area (Å²) in [6.07, 6.45) is 9.51. The van der Waals surface area contributed by atoms with E-state index in [0.717, 1.165) is 6.54 Å². The average Bonchev–Trinajstić information content (AvgIpc) is 2.15. The SMILES string of the molecule is C=C/C=C\[C](=[W])N1CC=C(C)CC1. The second-order valence-corrected chi connectivity index (χ2v) is 4.68. The van der Waals surface area contributed by atoms with E-state index in [2.05, 4.69) is 30.6 Å². The molecule has 13 heavy (non-hydrogen) atoms. The van der Waals surface area contributed by atoms with E-state index < -0.39 is 0 Å². The van der Waals surface area contributed by atoms with Crippen LogP contribution in [0.25, 0.3) is 0 Å². The van der Waals surface area contributed by atoms with Crippen LogP contribution >= 0.6 is 0 Å². The van der Waals surface area contributed by atoms with Crippen molar-refractivity contribution in [2.75, 3.05) is 13.1 Å². The van der Waals surface area contributed by atoms with Crippen molar-refractivity contribution in [3.63, 3.8) is 0 Å². The van der Waals surface area contributed by atoms with Crippen molar-refractivity contribution >= 4 is 4.02 Å². The van der Waals surface area contributed by atoms with Crippen molar-refractivity contribution in [3.8, 4) is 0 Å². The third-order valence-electron chi connectivity index (χ3n) is 2.12. The van der Waals surface area contributed by atoms with Gasteiger partial charge in [-0.05, 0) is 0 Å². The molecule has 1 aliphatic rings. The number of allylic oxidation sites excluding steroid dienone is 2. The Kier molecular flexibility index (Phi) is 4.55. The van der Waals surface area contributed by atoms with E-state index in [-0.39, 0.29) is 0 Å². The Bertz CT molecular complexity index is 263. The molecule has 0 saturated heterocycles. The Morgan fingerprint density at radius 3 is 3.00 bits per heavy atom. The molecule has 0 aliphatic carbocycles. The van der Waals surface area contributed by atoms with Crippen LogP contribution in [0.3, 0.4) is 0 Å². The van der Waals surface area contributed by atoms with E-state index in [0.29, 0.717) is 0 Å². The van der Waals surface area contributed by atoms with E-state index in [1.165, 1.54) is 41.9 Å². The molecule has 0 aromatic rings. The van der Waals surface area contributed by atoms with E-state index >= 15 is 0 Å². The van der Waals surface area contributed by atoms with Gasteiger partial charge in [0.2, 0.25) is 0 Å². The Balaban J connectivity index is 2.50. The minimum atomic E-state index is 1.08. The molecule has 1 rings (SSSR count). The molecule has 0 spiro atoms. The van der Waals surface area contributed by atoms with Gasteiger partial charge in [-0.3, -0.25) is 0 Å². The molecule has 1 nitrogen and oxygen atoms in total. The van der Waals surface area contributed by atoms with Crippen molar-refractivity contribution in [2.24, 2.45) is 0 Å². The molecule has 0 aromatic heterocycles. The van der Waals surface area contributed by atoms with Crippen LogP contribution in [-0.4, -0.2) is 22.0 Å². The summed E-state index contributed by atoms with van der Waals surface area (Å²) in [4.78, 5) is 2.42. The van der Waals surface area contributed by atoms with Gasteiger partial charge in [0, 0.05) is 0 Å². The van der Waals surface area contributed by atoms with Gasteiger partial charge in [-0.1, -0.05) is 0 Å². The standard InChI is InChI=1S/C11H15N.W/c1-3-4-5-8-12-9-6-11(2)7-10-12;/h3-6H,1,7,9-10H2,2H3;/b5-4-;. The van der Waals surface area contributed by atoms with Crippen LogP contribution in [0.1, 0.15) is 13.3 Å². The van der Waals surface area contributed by atoms with Crippen LogP contribution in [0.4, 0.5) is 0 Å². The van der Waals surface area contributed by atoms with Crippen molar-refractivity contribution in [1.29, 1.82) is 0 Å².